The van der Waals surface area contributed by atoms with Gasteiger partial charge in [-0.1, -0.05) is 29.8 Å². The van der Waals surface area contributed by atoms with E-state index >= 15 is 0 Å². The molecule has 0 radical (unpaired) electrons. The van der Waals surface area contributed by atoms with Crippen LogP contribution in [0, 0.1) is 11.8 Å². The van der Waals surface area contributed by atoms with Crippen molar-refractivity contribution >= 4 is 15.9 Å². The van der Waals surface area contributed by atoms with Gasteiger partial charge in [0, 0.05) is 12.4 Å². The minimum absolute atomic E-state index is 0.0890. The summed E-state index contributed by atoms with van der Waals surface area (Å²) in [6.45, 7) is 4.72. The van der Waals surface area contributed by atoms with Crippen LogP contribution in [0.1, 0.15) is 65.2 Å². The highest BCUT2D eigenvalue weighted by atomic mass is 79.9. The van der Waals surface area contributed by atoms with E-state index in [1.54, 1.807) is 0 Å². The standard InChI is InChI=1S/C17H31BrO2/c1-13(2)14-7-9-17(12-18,10-8-14)20-16-6-4-5-15(11-16)19-3/h13-16H,4-12H2,1-3H3. The van der Waals surface area contributed by atoms with Gasteiger partial charge in [-0.3, -0.25) is 0 Å². The molecule has 2 fully saturated rings. The Morgan fingerprint density at radius 3 is 2.30 bits per heavy atom. The summed E-state index contributed by atoms with van der Waals surface area (Å²) in [7, 11) is 1.83. The maximum Gasteiger partial charge on any atom is 0.0782 e. The van der Waals surface area contributed by atoms with Gasteiger partial charge >= 0.3 is 0 Å². The van der Waals surface area contributed by atoms with Crippen LogP contribution in [0.5, 0.6) is 0 Å². The fraction of sp³-hybridized carbons (Fsp3) is 1.00. The molecule has 2 atom stereocenters. The Labute approximate surface area is 133 Å². The predicted octanol–water partition coefficient (Wildman–Crippen LogP) is 4.94. The Balaban J connectivity index is 1.88. The topological polar surface area (TPSA) is 18.5 Å². The first kappa shape index (κ1) is 16.8. The number of methoxy groups -OCH3 is 1. The molecule has 118 valence electrons. The van der Waals surface area contributed by atoms with Gasteiger partial charge in [-0.25, -0.2) is 0 Å². The van der Waals surface area contributed by atoms with E-state index < -0.39 is 0 Å². The summed E-state index contributed by atoms with van der Waals surface area (Å²) in [5.74, 6) is 1.71. The summed E-state index contributed by atoms with van der Waals surface area (Å²) < 4.78 is 12.1. The number of ether oxygens (including phenoxy) is 2. The largest absolute Gasteiger partial charge is 0.381 e. The van der Waals surface area contributed by atoms with Crippen LogP contribution in [0.3, 0.4) is 0 Å². The van der Waals surface area contributed by atoms with Crippen molar-refractivity contribution < 1.29 is 9.47 Å². The molecule has 0 spiro atoms. The number of alkyl halides is 1. The van der Waals surface area contributed by atoms with Crippen LogP contribution in [0.4, 0.5) is 0 Å². The molecule has 0 aromatic rings. The zero-order chi connectivity index (χ0) is 14.6. The molecular formula is C17H31BrO2. The van der Waals surface area contributed by atoms with Gasteiger partial charge in [0.25, 0.3) is 0 Å². The van der Waals surface area contributed by atoms with Crippen molar-refractivity contribution in [2.45, 2.75) is 83.0 Å². The van der Waals surface area contributed by atoms with Crippen LogP contribution in [0.25, 0.3) is 0 Å². The number of halogens is 1. The Kier molecular flexibility index (Phi) is 6.37. The smallest absolute Gasteiger partial charge is 0.0782 e. The molecule has 20 heavy (non-hydrogen) atoms. The van der Waals surface area contributed by atoms with Crippen LogP contribution >= 0.6 is 15.9 Å². The van der Waals surface area contributed by atoms with E-state index in [1.165, 1.54) is 44.9 Å². The van der Waals surface area contributed by atoms with Crippen molar-refractivity contribution in [2.75, 3.05) is 12.4 Å². The van der Waals surface area contributed by atoms with Crippen molar-refractivity contribution in [3.63, 3.8) is 0 Å². The van der Waals surface area contributed by atoms with Gasteiger partial charge in [-0.15, -0.1) is 0 Å². The number of rotatable bonds is 5. The van der Waals surface area contributed by atoms with Crippen molar-refractivity contribution in [1.82, 2.24) is 0 Å². The third-order valence-electron chi connectivity index (χ3n) is 5.46. The maximum atomic E-state index is 6.60. The van der Waals surface area contributed by atoms with Crippen molar-refractivity contribution in [1.29, 1.82) is 0 Å². The second-order valence-electron chi connectivity index (χ2n) is 7.16. The third-order valence-corrected chi connectivity index (χ3v) is 6.48. The lowest BCUT2D eigenvalue weighted by Gasteiger charge is -2.43. The second-order valence-corrected chi connectivity index (χ2v) is 7.72. The fourth-order valence-electron chi connectivity index (χ4n) is 3.89. The first-order chi connectivity index (χ1) is 9.58. The van der Waals surface area contributed by atoms with Gasteiger partial charge < -0.3 is 9.47 Å². The predicted molar refractivity (Wildman–Crippen MR) is 87.5 cm³/mol. The van der Waals surface area contributed by atoms with E-state index in [0.717, 1.165) is 23.6 Å². The fourth-order valence-corrected chi connectivity index (χ4v) is 4.59. The quantitative estimate of drug-likeness (QED) is 0.656. The van der Waals surface area contributed by atoms with Gasteiger partial charge in [0.05, 0.1) is 17.8 Å². The second kappa shape index (κ2) is 7.60. The van der Waals surface area contributed by atoms with E-state index in [2.05, 4.69) is 29.8 Å². The molecule has 0 amide bonds. The Bertz CT molecular complexity index is 285. The Morgan fingerprint density at radius 2 is 1.75 bits per heavy atom. The molecule has 0 aromatic heterocycles. The van der Waals surface area contributed by atoms with E-state index in [0.29, 0.717) is 12.2 Å². The summed E-state index contributed by atoms with van der Waals surface area (Å²) in [5.41, 5.74) is 0.0890. The molecule has 2 unspecified atom stereocenters. The highest BCUT2D eigenvalue weighted by Gasteiger charge is 2.39. The van der Waals surface area contributed by atoms with Gasteiger partial charge in [0.15, 0.2) is 0 Å². The highest BCUT2D eigenvalue weighted by Crippen LogP contribution is 2.41. The van der Waals surface area contributed by atoms with Crippen LogP contribution in [0.2, 0.25) is 0 Å². The van der Waals surface area contributed by atoms with Crippen LogP contribution in [0.15, 0.2) is 0 Å². The average molecular weight is 347 g/mol. The first-order valence-corrected chi connectivity index (χ1v) is 9.47. The summed E-state index contributed by atoms with van der Waals surface area (Å²) in [4.78, 5) is 0. The zero-order valence-corrected chi connectivity index (χ0v) is 15.0. The minimum Gasteiger partial charge on any atom is -0.381 e. The van der Waals surface area contributed by atoms with Gasteiger partial charge in [0.1, 0.15) is 0 Å². The molecule has 0 heterocycles. The summed E-state index contributed by atoms with van der Waals surface area (Å²) in [5, 5.41) is 0.985. The normalized spacial score (nSPS) is 39.1. The highest BCUT2D eigenvalue weighted by molar-refractivity contribution is 9.09. The van der Waals surface area contributed by atoms with E-state index in [4.69, 9.17) is 9.47 Å². The third kappa shape index (κ3) is 4.20. The molecule has 2 rings (SSSR count). The molecular weight excluding hydrogens is 316 g/mol. The maximum absolute atomic E-state index is 6.60. The minimum atomic E-state index is 0.0890. The molecule has 0 bridgehead atoms. The summed E-state index contributed by atoms with van der Waals surface area (Å²) >= 11 is 3.73. The number of hydrogen-bond acceptors (Lipinski definition) is 2. The lowest BCUT2D eigenvalue weighted by molar-refractivity contribution is -0.131. The van der Waals surface area contributed by atoms with E-state index in [-0.39, 0.29) is 5.60 Å². The van der Waals surface area contributed by atoms with E-state index in [9.17, 15) is 0 Å². The lowest BCUT2D eigenvalue weighted by Crippen LogP contribution is -2.44. The molecule has 2 nitrogen and oxygen atoms in total. The van der Waals surface area contributed by atoms with E-state index in [1.807, 2.05) is 7.11 Å². The van der Waals surface area contributed by atoms with Crippen molar-refractivity contribution in [3.05, 3.63) is 0 Å². The molecule has 0 aromatic carbocycles. The SMILES string of the molecule is COC1CCCC(OC2(CBr)CCC(C(C)C)CC2)C1. The van der Waals surface area contributed by atoms with Crippen molar-refractivity contribution in [3.8, 4) is 0 Å². The van der Waals surface area contributed by atoms with Crippen LogP contribution < -0.4 is 0 Å². The first-order valence-electron chi connectivity index (χ1n) is 8.35. The van der Waals surface area contributed by atoms with Crippen LogP contribution in [-0.4, -0.2) is 30.2 Å². The zero-order valence-electron chi connectivity index (χ0n) is 13.4. The molecule has 0 saturated heterocycles. The monoisotopic (exact) mass is 346 g/mol. The molecule has 2 saturated carbocycles. The molecule has 2 aliphatic carbocycles. The average Bonchev–Trinajstić information content (AvgIpc) is 2.48. The molecule has 0 N–H and O–H groups in total. The molecule has 2 aliphatic rings. The Morgan fingerprint density at radius 1 is 1.10 bits per heavy atom. The van der Waals surface area contributed by atoms with Crippen molar-refractivity contribution in [2.24, 2.45) is 11.8 Å². The Hall–Kier alpha value is 0.400. The van der Waals surface area contributed by atoms with Crippen LogP contribution in [-0.2, 0) is 9.47 Å². The molecule has 3 heteroatoms. The molecule has 0 aliphatic heterocycles. The van der Waals surface area contributed by atoms with Gasteiger partial charge in [0.2, 0.25) is 0 Å². The van der Waals surface area contributed by atoms with Gasteiger partial charge in [-0.05, 0) is 63.2 Å². The summed E-state index contributed by atoms with van der Waals surface area (Å²) in [6.07, 6.45) is 10.6. The van der Waals surface area contributed by atoms with Gasteiger partial charge in [-0.2, -0.15) is 0 Å². The lowest BCUT2D eigenvalue weighted by atomic mass is 9.75. The number of hydrogen-bond donors (Lipinski definition) is 0. The summed E-state index contributed by atoms with van der Waals surface area (Å²) in [6, 6.07) is 0.